The summed E-state index contributed by atoms with van der Waals surface area (Å²) in [7, 11) is -1.56. The predicted octanol–water partition coefficient (Wildman–Crippen LogP) is 2.24. The van der Waals surface area contributed by atoms with Gasteiger partial charge in [0.05, 0.1) is 4.90 Å². The zero-order valence-corrected chi connectivity index (χ0v) is 13.1. The Morgan fingerprint density at radius 3 is 2.47 bits per heavy atom. The van der Waals surface area contributed by atoms with Crippen molar-refractivity contribution in [1.29, 1.82) is 0 Å². The highest BCUT2D eigenvalue weighted by molar-refractivity contribution is 8.00. The highest BCUT2D eigenvalue weighted by atomic mass is 32.2. The summed E-state index contributed by atoms with van der Waals surface area (Å²) in [6, 6.07) is 6.95. The van der Waals surface area contributed by atoms with Gasteiger partial charge in [0.15, 0.2) is 0 Å². The van der Waals surface area contributed by atoms with Gasteiger partial charge in [0.1, 0.15) is 0 Å². The van der Waals surface area contributed by atoms with Crippen LogP contribution < -0.4 is 5.32 Å². The number of hydrogen-bond acceptors (Lipinski definition) is 4. The van der Waals surface area contributed by atoms with Crippen molar-refractivity contribution in [2.75, 3.05) is 24.7 Å². The standard InChI is InChI=1S/C13H20N2O2S2/c1-10-11(2)18-9-8-15(10)19(16,17)13-6-4-12(14-3)5-7-13/h4-7,10-11,14H,8-9H2,1-3H3. The quantitative estimate of drug-likeness (QED) is 0.930. The molecular weight excluding hydrogens is 280 g/mol. The molecule has 0 amide bonds. The normalized spacial score (nSPS) is 25.2. The van der Waals surface area contributed by atoms with E-state index in [1.807, 2.05) is 25.7 Å². The Hall–Kier alpha value is -0.720. The zero-order valence-electron chi connectivity index (χ0n) is 11.5. The van der Waals surface area contributed by atoms with Crippen LogP contribution in [-0.4, -0.2) is 43.4 Å². The smallest absolute Gasteiger partial charge is 0.243 e. The molecule has 0 radical (unpaired) electrons. The first-order chi connectivity index (χ1) is 8.96. The minimum Gasteiger partial charge on any atom is -0.388 e. The van der Waals surface area contributed by atoms with Gasteiger partial charge in [-0.15, -0.1) is 0 Å². The molecule has 0 aliphatic carbocycles. The summed E-state index contributed by atoms with van der Waals surface area (Å²) in [4.78, 5) is 0.373. The summed E-state index contributed by atoms with van der Waals surface area (Å²) in [5, 5.41) is 3.32. The molecule has 1 aliphatic heterocycles. The van der Waals surface area contributed by atoms with Gasteiger partial charge in [-0.1, -0.05) is 6.92 Å². The van der Waals surface area contributed by atoms with E-state index in [4.69, 9.17) is 0 Å². The van der Waals surface area contributed by atoms with E-state index >= 15 is 0 Å². The molecule has 106 valence electrons. The summed E-state index contributed by atoms with van der Waals surface area (Å²) in [5.74, 6) is 0.860. The van der Waals surface area contributed by atoms with Crippen molar-refractivity contribution >= 4 is 27.5 Å². The second-order valence-electron chi connectivity index (χ2n) is 4.71. The fourth-order valence-electron chi connectivity index (χ4n) is 2.17. The Morgan fingerprint density at radius 2 is 1.89 bits per heavy atom. The van der Waals surface area contributed by atoms with E-state index in [0.717, 1.165) is 11.4 Å². The number of anilines is 1. The molecule has 4 nitrogen and oxygen atoms in total. The SMILES string of the molecule is CNc1ccc(S(=O)(=O)N2CCSC(C)C2C)cc1. The first kappa shape index (κ1) is 14.7. The van der Waals surface area contributed by atoms with Gasteiger partial charge < -0.3 is 5.32 Å². The molecule has 1 aromatic rings. The van der Waals surface area contributed by atoms with Gasteiger partial charge in [0.25, 0.3) is 0 Å². The second-order valence-corrected chi connectivity index (χ2v) is 8.08. The number of benzene rings is 1. The van der Waals surface area contributed by atoms with E-state index in [0.29, 0.717) is 16.7 Å². The van der Waals surface area contributed by atoms with Crippen LogP contribution >= 0.6 is 11.8 Å². The molecule has 1 N–H and O–H groups in total. The summed E-state index contributed by atoms with van der Waals surface area (Å²) in [5.41, 5.74) is 0.912. The molecular formula is C13H20N2O2S2. The third kappa shape index (κ3) is 2.90. The highest BCUT2D eigenvalue weighted by Crippen LogP contribution is 2.29. The van der Waals surface area contributed by atoms with Gasteiger partial charge in [-0.25, -0.2) is 8.42 Å². The summed E-state index contributed by atoms with van der Waals surface area (Å²) in [6.45, 7) is 4.66. The molecule has 0 bridgehead atoms. The lowest BCUT2D eigenvalue weighted by atomic mass is 10.2. The monoisotopic (exact) mass is 300 g/mol. The van der Waals surface area contributed by atoms with Crippen LogP contribution in [-0.2, 0) is 10.0 Å². The zero-order chi connectivity index (χ0) is 14.0. The highest BCUT2D eigenvalue weighted by Gasteiger charge is 2.34. The lowest BCUT2D eigenvalue weighted by molar-refractivity contribution is 0.340. The molecule has 0 saturated carbocycles. The van der Waals surface area contributed by atoms with Crippen molar-refractivity contribution in [2.24, 2.45) is 0 Å². The van der Waals surface area contributed by atoms with Crippen LogP contribution in [0.15, 0.2) is 29.2 Å². The van der Waals surface area contributed by atoms with E-state index in [-0.39, 0.29) is 6.04 Å². The van der Waals surface area contributed by atoms with Gasteiger partial charge in [0, 0.05) is 36.3 Å². The van der Waals surface area contributed by atoms with Crippen molar-refractivity contribution in [3.05, 3.63) is 24.3 Å². The molecule has 2 atom stereocenters. The van der Waals surface area contributed by atoms with Crippen molar-refractivity contribution in [1.82, 2.24) is 4.31 Å². The Morgan fingerprint density at radius 1 is 1.26 bits per heavy atom. The summed E-state index contributed by atoms with van der Waals surface area (Å²) < 4.78 is 26.9. The van der Waals surface area contributed by atoms with Gasteiger partial charge in [-0.05, 0) is 31.2 Å². The predicted molar refractivity (Wildman–Crippen MR) is 81.3 cm³/mol. The minimum absolute atomic E-state index is 0.0349. The Balaban J connectivity index is 2.30. The lowest BCUT2D eigenvalue weighted by Crippen LogP contribution is -2.47. The summed E-state index contributed by atoms with van der Waals surface area (Å²) >= 11 is 1.83. The van der Waals surface area contributed by atoms with E-state index in [1.54, 1.807) is 28.6 Å². The van der Waals surface area contributed by atoms with E-state index < -0.39 is 10.0 Å². The van der Waals surface area contributed by atoms with E-state index in [1.165, 1.54) is 0 Å². The van der Waals surface area contributed by atoms with Gasteiger partial charge in [-0.2, -0.15) is 16.1 Å². The molecule has 1 heterocycles. The Labute approximate surface area is 119 Å². The maximum Gasteiger partial charge on any atom is 0.243 e. The molecule has 2 unspecified atom stereocenters. The molecule has 19 heavy (non-hydrogen) atoms. The third-order valence-electron chi connectivity index (χ3n) is 3.58. The molecule has 0 aromatic heterocycles. The first-order valence-corrected chi connectivity index (χ1v) is 8.87. The maximum atomic E-state index is 12.6. The largest absolute Gasteiger partial charge is 0.388 e. The van der Waals surface area contributed by atoms with Crippen LogP contribution in [0.1, 0.15) is 13.8 Å². The fraction of sp³-hybridized carbons (Fsp3) is 0.538. The van der Waals surface area contributed by atoms with Crippen molar-refractivity contribution < 1.29 is 8.42 Å². The van der Waals surface area contributed by atoms with Gasteiger partial charge >= 0.3 is 0 Å². The van der Waals surface area contributed by atoms with Crippen LogP contribution in [0.4, 0.5) is 5.69 Å². The second kappa shape index (κ2) is 5.73. The molecule has 1 aromatic carbocycles. The average Bonchev–Trinajstić information content (AvgIpc) is 2.41. The van der Waals surface area contributed by atoms with Crippen LogP contribution in [0.2, 0.25) is 0 Å². The van der Waals surface area contributed by atoms with Crippen molar-refractivity contribution in [3.8, 4) is 0 Å². The van der Waals surface area contributed by atoms with Gasteiger partial charge in [0.2, 0.25) is 10.0 Å². The van der Waals surface area contributed by atoms with Crippen LogP contribution in [0.5, 0.6) is 0 Å². The Kier molecular flexibility index (Phi) is 4.43. The number of hydrogen-bond donors (Lipinski definition) is 1. The summed E-state index contributed by atoms with van der Waals surface area (Å²) in [6.07, 6.45) is 0. The molecule has 0 spiro atoms. The molecule has 1 aliphatic rings. The minimum atomic E-state index is -3.38. The first-order valence-electron chi connectivity index (χ1n) is 6.38. The molecule has 1 saturated heterocycles. The third-order valence-corrected chi connectivity index (χ3v) is 6.91. The van der Waals surface area contributed by atoms with Gasteiger partial charge in [-0.3, -0.25) is 0 Å². The molecule has 2 rings (SSSR count). The number of sulfonamides is 1. The van der Waals surface area contributed by atoms with Crippen LogP contribution in [0.25, 0.3) is 0 Å². The van der Waals surface area contributed by atoms with E-state index in [2.05, 4.69) is 12.2 Å². The van der Waals surface area contributed by atoms with Crippen molar-refractivity contribution in [2.45, 2.75) is 30.0 Å². The van der Waals surface area contributed by atoms with Crippen LogP contribution in [0, 0.1) is 0 Å². The average molecular weight is 300 g/mol. The number of rotatable bonds is 3. The van der Waals surface area contributed by atoms with E-state index in [9.17, 15) is 8.42 Å². The Bertz CT molecular complexity index is 528. The molecule has 1 fully saturated rings. The number of thioether (sulfide) groups is 1. The lowest BCUT2D eigenvalue weighted by Gasteiger charge is -2.36. The van der Waals surface area contributed by atoms with Crippen molar-refractivity contribution in [3.63, 3.8) is 0 Å². The fourth-order valence-corrected chi connectivity index (χ4v) is 5.17. The maximum absolute atomic E-state index is 12.6. The molecule has 6 heteroatoms. The van der Waals surface area contributed by atoms with Crippen LogP contribution in [0.3, 0.4) is 0 Å². The topological polar surface area (TPSA) is 49.4 Å². The number of nitrogens with one attached hydrogen (secondary N) is 1. The number of nitrogens with zero attached hydrogens (tertiary/aromatic N) is 1.